The Bertz CT molecular complexity index is 336. The largest absolute Gasteiger partial charge is 0.376 e. The van der Waals surface area contributed by atoms with Crippen LogP contribution in [0.15, 0.2) is 30.3 Å². The molecule has 0 radical (unpaired) electrons. The maximum Gasteiger partial charge on any atom is 0.105 e. The van der Waals surface area contributed by atoms with Gasteiger partial charge in [-0.25, -0.2) is 0 Å². The lowest BCUT2D eigenvalue weighted by Gasteiger charge is -2.31. The monoisotopic (exact) mass is 249 g/mol. The third-order valence-electron chi connectivity index (χ3n) is 3.02. The molecule has 18 heavy (non-hydrogen) atoms. The summed E-state index contributed by atoms with van der Waals surface area (Å²) in [4.78, 5) is 0. The van der Waals surface area contributed by atoms with Crippen LogP contribution in [0, 0.1) is 5.92 Å². The van der Waals surface area contributed by atoms with Crippen molar-refractivity contribution >= 4 is 0 Å². The Balaban J connectivity index is 1.89. The standard InChI is InChI=1S/C15H23NO2/c1-12(2)8-16-9-15(18-14-10-17-11-14)13-6-4-3-5-7-13/h3-7,12,14-16H,8-11H2,1-2H3. The van der Waals surface area contributed by atoms with E-state index >= 15 is 0 Å². The fourth-order valence-electron chi connectivity index (χ4n) is 1.94. The summed E-state index contributed by atoms with van der Waals surface area (Å²) in [5, 5.41) is 3.47. The Morgan fingerprint density at radius 2 is 1.94 bits per heavy atom. The molecule has 1 aromatic carbocycles. The van der Waals surface area contributed by atoms with E-state index in [-0.39, 0.29) is 12.2 Å². The first kappa shape index (κ1) is 13.5. The molecule has 1 heterocycles. The first-order valence-corrected chi connectivity index (χ1v) is 6.74. The second-order valence-electron chi connectivity index (χ2n) is 5.25. The van der Waals surface area contributed by atoms with Crippen molar-refractivity contribution in [3.05, 3.63) is 35.9 Å². The van der Waals surface area contributed by atoms with E-state index in [4.69, 9.17) is 9.47 Å². The zero-order valence-electron chi connectivity index (χ0n) is 11.3. The van der Waals surface area contributed by atoms with Crippen molar-refractivity contribution in [1.29, 1.82) is 0 Å². The van der Waals surface area contributed by atoms with E-state index in [9.17, 15) is 0 Å². The Labute approximate surface area is 109 Å². The topological polar surface area (TPSA) is 30.5 Å². The zero-order chi connectivity index (χ0) is 12.8. The van der Waals surface area contributed by atoms with Crippen LogP contribution in [-0.2, 0) is 9.47 Å². The van der Waals surface area contributed by atoms with E-state index in [1.54, 1.807) is 0 Å². The first-order chi connectivity index (χ1) is 8.75. The van der Waals surface area contributed by atoms with Crippen LogP contribution >= 0.6 is 0 Å². The maximum atomic E-state index is 6.07. The minimum absolute atomic E-state index is 0.124. The van der Waals surface area contributed by atoms with Gasteiger partial charge in [-0.3, -0.25) is 0 Å². The highest BCUT2D eigenvalue weighted by molar-refractivity contribution is 5.18. The van der Waals surface area contributed by atoms with Crippen LogP contribution in [0.1, 0.15) is 25.5 Å². The fraction of sp³-hybridized carbons (Fsp3) is 0.600. The molecule has 1 aliphatic heterocycles. The van der Waals surface area contributed by atoms with Gasteiger partial charge in [-0.2, -0.15) is 0 Å². The van der Waals surface area contributed by atoms with E-state index in [0.717, 1.165) is 26.3 Å². The lowest BCUT2D eigenvalue weighted by atomic mass is 10.1. The Morgan fingerprint density at radius 3 is 2.50 bits per heavy atom. The number of benzene rings is 1. The molecule has 3 heteroatoms. The van der Waals surface area contributed by atoms with Crippen molar-refractivity contribution < 1.29 is 9.47 Å². The third-order valence-corrected chi connectivity index (χ3v) is 3.02. The van der Waals surface area contributed by atoms with Crippen molar-refractivity contribution in [1.82, 2.24) is 5.32 Å². The van der Waals surface area contributed by atoms with Crippen LogP contribution in [-0.4, -0.2) is 32.4 Å². The summed E-state index contributed by atoms with van der Waals surface area (Å²) in [6, 6.07) is 10.4. The van der Waals surface area contributed by atoms with E-state index in [2.05, 4.69) is 43.4 Å². The Hall–Kier alpha value is -0.900. The second-order valence-corrected chi connectivity index (χ2v) is 5.25. The van der Waals surface area contributed by atoms with Crippen LogP contribution < -0.4 is 5.32 Å². The molecular weight excluding hydrogens is 226 g/mol. The second kappa shape index (κ2) is 6.88. The van der Waals surface area contributed by atoms with Crippen LogP contribution in [0.4, 0.5) is 0 Å². The molecule has 1 fully saturated rings. The number of rotatable bonds is 7. The van der Waals surface area contributed by atoms with Gasteiger partial charge in [-0.05, 0) is 18.0 Å². The van der Waals surface area contributed by atoms with Gasteiger partial charge in [0.1, 0.15) is 6.10 Å². The van der Waals surface area contributed by atoms with Crippen LogP contribution in [0.25, 0.3) is 0 Å². The minimum Gasteiger partial charge on any atom is -0.376 e. The van der Waals surface area contributed by atoms with Gasteiger partial charge in [-0.15, -0.1) is 0 Å². The van der Waals surface area contributed by atoms with Crippen LogP contribution in [0.3, 0.4) is 0 Å². The molecule has 3 nitrogen and oxygen atoms in total. The molecule has 1 aliphatic rings. The molecular formula is C15H23NO2. The summed E-state index contributed by atoms with van der Waals surface area (Å²) in [6.07, 6.45) is 0.384. The molecule has 1 N–H and O–H groups in total. The Kier molecular flexibility index (Phi) is 5.17. The van der Waals surface area contributed by atoms with Gasteiger partial charge in [0.2, 0.25) is 0 Å². The smallest absolute Gasteiger partial charge is 0.105 e. The summed E-state index contributed by atoms with van der Waals surface area (Å²) in [5.74, 6) is 0.661. The van der Waals surface area contributed by atoms with Gasteiger partial charge in [0.15, 0.2) is 0 Å². The van der Waals surface area contributed by atoms with Gasteiger partial charge in [0, 0.05) is 6.54 Å². The highest BCUT2D eigenvalue weighted by Gasteiger charge is 2.24. The number of ether oxygens (including phenoxy) is 2. The van der Waals surface area contributed by atoms with Gasteiger partial charge < -0.3 is 14.8 Å². The van der Waals surface area contributed by atoms with Crippen molar-refractivity contribution in [3.8, 4) is 0 Å². The predicted octanol–water partition coefficient (Wildman–Crippen LogP) is 2.39. The molecule has 1 unspecified atom stereocenters. The summed E-state index contributed by atoms with van der Waals surface area (Å²) in [6.45, 7) is 7.77. The maximum absolute atomic E-state index is 6.07. The lowest BCUT2D eigenvalue weighted by Crippen LogP contribution is -2.39. The van der Waals surface area contributed by atoms with Gasteiger partial charge in [-0.1, -0.05) is 44.2 Å². The molecule has 0 aromatic heterocycles. The summed E-state index contributed by atoms with van der Waals surface area (Å²) < 4.78 is 11.2. The molecule has 0 saturated carbocycles. The molecule has 1 saturated heterocycles. The van der Waals surface area contributed by atoms with Gasteiger partial charge >= 0.3 is 0 Å². The highest BCUT2D eigenvalue weighted by atomic mass is 16.6. The Morgan fingerprint density at radius 1 is 1.22 bits per heavy atom. The minimum atomic E-state index is 0.124. The molecule has 0 spiro atoms. The average molecular weight is 249 g/mol. The van der Waals surface area contributed by atoms with Gasteiger partial charge in [0.05, 0.1) is 19.3 Å². The summed E-state index contributed by atoms with van der Waals surface area (Å²) in [7, 11) is 0. The predicted molar refractivity (Wildman–Crippen MR) is 72.6 cm³/mol. The van der Waals surface area contributed by atoms with Crippen LogP contribution in [0.5, 0.6) is 0 Å². The van der Waals surface area contributed by atoms with E-state index < -0.39 is 0 Å². The van der Waals surface area contributed by atoms with E-state index in [0.29, 0.717) is 5.92 Å². The number of hydrogen-bond acceptors (Lipinski definition) is 3. The lowest BCUT2D eigenvalue weighted by molar-refractivity contribution is -0.155. The SMILES string of the molecule is CC(C)CNCC(OC1COC1)c1ccccc1. The van der Waals surface area contributed by atoms with Crippen LogP contribution in [0.2, 0.25) is 0 Å². The van der Waals surface area contributed by atoms with E-state index in [1.165, 1.54) is 5.56 Å². The molecule has 0 bridgehead atoms. The third kappa shape index (κ3) is 4.09. The number of hydrogen-bond donors (Lipinski definition) is 1. The summed E-state index contributed by atoms with van der Waals surface area (Å²) >= 11 is 0. The zero-order valence-corrected chi connectivity index (χ0v) is 11.3. The average Bonchev–Trinajstić information content (AvgIpc) is 2.32. The molecule has 2 rings (SSSR count). The van der Waals surface area contributed by atoms with Crippen molar-refractivity contribution in [2.24, 2.45) is 5.92 Å². The first-order valence-electron chi connectivity index (χ1n) is 6.74. The van der Waals surface area contributed by atoms with Gasteiger partial charge in [0.25, 0.3) is 0 Å². The summed E-state index contributed by atoms with van der Waals surface area (Å²) in [5.41, 5.74) is 1.24. The highest BCUT2D eigenvalue weighted by Crippen LogP contribution is 2.21. The normalized spacial score (nSPS) is 17.7. The van der Waals surface area contributed by atoms with Crippen molar-refractivity contribution in [2.75, 3.05) is 26.3 Å². The molecule has 0 aliphatic carbocycles. The molecule has 1 atom stereocenters. The molecule has 100 valence electrons. The molecule has 1 aromatic rings. The number of nitrogens with one attached hydrogen (secondary N) is 1. The van der Waals surface area contributed by atoms with Crippen molar-refractivity contribution in [3.63, 3.8) is 0 Å². The van der Waals surface area contributed by atoms with Crippen molar-refractivity contribution in [2.45, 2.75) is 26.1 Å². The fourth-order valence-corrected chi connectivity index (χ4v) is 1.94. The van der Waals surface area contributed by atoms with E-state index in [1.807, 2.05) is 6.07 Å². The quantitative estimate of drug-likeness (QED) is 0.805. The molecule has 0 amide bonds.